The summed E-state index contributed by atoms with van der Waals surface area (Å²) < 4.78 is 1.75. The van der Waals surface area contributed by atoms with Gasteiger partial charge in [-0.25, -0.2) is 0 Å². The first-order valence-electron chi connectivity index (χ1n) is 8.47. The van der Waals surface area contributed by atoms with Crippen LogP contribution in [0.25, 0.3) is 0 Å². The van der Waals surface area contributed by atoms with Gasteiger partial charge >= 0.3 is 0 Å². The number of likely N-dealkylation sites (tertiary alicyclic amines) is 1. The average Bonchev–Trinajstić information content (AvgIpc) is 2.79. The molecule has 1 aliphatic rings. The molecule has 1 fully saturated rings. The number of aryl methyl sites for hydroxylation is 2. The van der Waals surface area contributed by atoms with Crippen LogP contribution in [-0.4, -0.2) is 27.1 Å². The quantitative estimate of drug-likeness (QED) is 0.871. The van der Waals surface area contributed by atoms with E-state index in [-0.39, 0.29) is 11.9 Å². The molecule has 1 aromatic carbocycles. The Labute approximate surface area is 138 Å². The Morgan fingerprint density at radius 3 is 2.91 bits per heavy atom. The van der Waals surface area contributed by atoms with Gasteiger partial charge < -0.3 is 4.90 Å². The molecule has 0 saturated carbocycles. The molecule has 1 saturated heterocycles. The monoisotopic (exact) mass is 311 g/mol. The molecule has 0 radical (unpaired) electrons. The molecule has 1 amide bonds. The van der Waals surface area contributed by atoms with Crippen molar-refractivity contribution in [3.05, 3.63) is 53.3 Å². The maximum absolute atomic E-state index is 12.9. The SMILES string of the molecule is Cc1cccc([C@@H]2CCCCCN2C(=O)Cc2cnn(C)c2)c1. The van der Waals surface area contributed by atoms with Crippen LogP contribution in [0, 0.1) is 6.92 Å². The summed E-state index contributed by atoms with van der Waals surface area (Å²) in [6.07, 6.45) is 8.71. The van der Waals surface area contributed by atoms with Crippen LogP contribution in [0.2, 0.25) is 0 Å². The van der Waals surface area contributed by atoms with Crippen molar-refractivity contribution in [1.29, 1.82) is 0 Å². The third kappa shape index (κ3) is 3.81. The van der Waals surface area contributed by atoms with Gasteiger partial charge in [0, 0.05) is 19.8 Å². The number of rotatable bonds is 3. The molecule has 0 aliphatic carbocycles. The van der Waals surface area contributed by atoms with Crippen molar-refractivity contribution in [3.63, 3.8) is 0 Å². The first kappa shape index (κ1) is 15.8. The van der Waals surface area contributed by atoms with Crippen molar-refractivity contribution >= 4 is 5.91 Å². The summed E-state index contributed by atoms with van der Waals surface area (Å²) in [4.78, 5) is 15.0. The Kier molecular flexibility index (Phi) is 4.79. The summed E-state index contributed by atoms with van der Waals surface area (Å²) in [6, 6.07) is 8.80. The zero-order valence-corrected chi connectivity index (χ0v) is 14.0. The van der Waals surface area contributed by atoms with Crippen LogP contribution >= 0.6 is 0 Å². The minimum absolute atomic E-state index is 0.210. The van der Waals surface area contributed by atoms with Crippen molar-refractivity contribution < 1.29 is 4.79 Å². The minimum atomic E-state index is 0.210. The highest BCUT2D eigenvalue weighted by molar-refractivity contribution is 5.79. The van der Waals surface area contributed by atoms with Crippen LogP contribution in [0.5, 0.6) is 0 Å². The maximum Gasteiger partial charge on any atom is 0.227 e. The molecule has 1 aliphatic heterocycles. The molecule has 122 valence electrons. The van der Waals surface area contributed by atoms with Crippen LogP contribution in [-0.2, 0) is 18.3 Å². The number of hydrogen-bond acceptors (Lipinski definition) is 2. The fourth-order valence-electron chi connectivity index (χ4n) is 3.47. The third-order valence-corrected chi connectivity index (χ3v) is 4.61. The molecule has 4 heteroatoms. The van der Waals surface area contributed by atoms with Crippen LogP contribution in [0.4, 0.5) is 0 Å². The van der Waals surface area contributed by atoms with Gasteiger partial charge in [0.05, 0.1) is 18.7 Å². The van der Waals surface area contributed by atoms with Crippen LogP contribution < -0.4 is 0 Å². The Balaban J connectivity index is 1.82. The molecule has 1 atom stereocenters. The number of hydrogen-bond donors (Lipinski definition) is 0. The van der Waals surface area contributed by atoms with Gasteiger partial charge in [0.15, 0.2) is 0 Å². The second kappa shape index (κ2) is 6.99. The van der Waals surface area contributed by atoms with Crippen molar-refractivity contribution in [2.45, 2.75) is 45.1 Å². The van der Waals surface area contributed by atoms with Crippen LogP contribution in [0.15, 0.2) is 36.7 Å². The van der Waals surface area contributed by atoms with E-state index in [9.17, 15) is 4.79 Å². The van der Waals surface area contributed by atoms with E-state index in [2.05, 4.69) is 41.2 Å². The molecule has 3 rings (SSSR count). The normalized spacial score (nSPS) is 18.7. The average molecular weight is 311 g/mol. The van der Waals surface area contributed by atoms with Gasteiger partial charge in [-0.3, -0.25) is 9.48 Å². The first-order chi connectivity index (χ1) is 11.1. The number of carbonyl (C=O) groups excluding carboxylic acids is 1. The number of carbonyl (C=O) groups is 1. The fourth-order valence-corrected chi connectivity index (χ4v) is 3.47. The number of aromatic nitrogens is 2. The van der Waals surface area contributed by atoms with E-state index in [1.54, 1.807) is 10.9 Å². The van der Waals surface area contributed by atoms with Gasteiger partial charge in [0.1, 0.15) is 0 Å². The lowest BCUT2D eigenvalue weighted by atomic mass is 9.98. The van der Waals surface area contributed by atoms with E-state index >= 15 is 0 Å². The number of benzene rings is 1. The largest absolute Gasteiger partial charge is 0.335 e. The molecule has 0 spiro atoms. The summed E-state index contributed by atoms with van der Waals surface area (Å²) in [5.74, 6) is 0.214. The van der Waals surface area contributed by atoms with Gasteiger partial charge in [-0.15, -0.1) is 0 Å². The summed E-state index contributed by atoms with van der Waals surface area (Å²) in [6.45, 7) is 2.97. The smallest absolute Gasteiger partial charge is 0.227 e. The predicted molar refractivity (Wildman–Crippen MR) is 91.0 cm³/mol. The van der Waals surface area contributed by atoms with E-state index in [1.807, 2.05) is 13.2 Å². The Hall–Kier alpha value is -2.10. The molecular weight excluding hydrogens is 286 g/mol. The highest BCUT2D eigenvalue weighted by Gasteiger charge is 2.26. The lowest BCUT2D eigenvalue weighted by Gasteiger charge is -2.30. The van der Waals surface area contributed by atoms with E-state index in [4.69, 9.17) is 0 Å². The van der Waals surface area contributed by atoms with Crippen LogP contribution in [0.3, 0.4) is 0 Å². The highest BCUT2D eigenvalue weighted by Crippen LogP contribution is 2.31. The second-order valence-corrected chi connectivity index (χ2v) is 6.57. The summed E-state index contributed by atoms with van der Waals surface area (Å²) in [5.41, 5.74) is 3.52. The standard InChI is InChI=1S/C19H25N3O/c1-15-7-6-8-17(11-15)18-9-4-3-5-10-22(18)19(23)12-16-13-20-21(2)14-16/h6-8,11,13-14,18H,3-5,9-10,12H2,1-2H3/t18-/m0/s1. The van der Waals surface area contributed by atoms with Gasteiger partial charge in [-0.2, -0.15) is 5.10 Å². The zero-order chi connectivity index (χ0) is 16.2. The van der Waals surface area contributed by atoms with Crippen molar-refractivity contribution in [2.24, 2.45) is 7.05 Å². The number of amides is 1. The van der Waals surface area contributed by atoms with Crippen molar-refractivity contribution in [2.75, 3.05) is 6.54 Å². The van der Waals surface area contributed by atoms with Gasteiger partial charge in [-0.1, -0.05) is 42.7 Å². The fraction of sp³-hybridized carbons (Fsp3) is 0.474. The Bertz CT molecular complexity index is 677. The summed E-state index contributed by atoms with van der Waals surface area (Å²) >= 11 is 0. The first-order valence-corrected chi connectivity index (χ1v) is 8.47. The van der Waals surface area contributed by atoms with E-state index in [0.717, 1.165) is 24.9 Å². The molecular formula is C19H25N3O. The molecule has 23 heavy (non-hydrogen) atoms. The highest BCUT2D eigenvalue weighted by atomic mass is 16.2. The molecule has 0 bridgehead atoms. The Morgan fingerprint density at radius 1 is 1.30 bits per heavy atom. The van der Waals surface area contributed by atoms with Gasteiger partial charge in [0.25, 0.3) is 0 Å². The number of nitrogens with zero attached hydrogens (tertiary/aromatic N) is 3. The molecule has 4 nitrogen and oxygen atoms in total. The molecule has 0 N–H and O–H groups in total. The second-order valence-electron chi connectivity index (χ2n) is 6.57. The lowest BCUT2D eigenvalue weighted by Crippen LogP contribution is -2.35. The van der Waals surface area contributed by atoms with Gasteiger partial charge in [-0.05, 0) is 30.9 Å². The topological polar surface area (TPSA) is 38.1 Å². The van der Waals surface area contributed by atoms with Crippen molar-refractivity contribution in [3.8, 4) is 0 Å². The molecule has 2 aromatic rings. The zero-order valence-electron chi connectivity index (χ0n) is 14.0. The van der Waals surface area contributed by atoms with E-state index < -0.39 is 0 Å². The molecule has 0 unspecified atom stereocenters. The minimum Gasteiger partial charge on any atom is -0.335 e. The van der Waals surface area contributed by atoms with Gasteiger partial charge in [0.2, 0.25) is 5.91 Å². The summed E-state index contributed by atoms with van der Waals surface area (Å²) in [5, 5.41) is 4.17. The maximum atomic E-state index is 12.9. The van der Waals surface area contributed by atoms with Crippen molar-refractivity contribution in [1.82, 2.24) is 14.7 Å². The van der Waals surface area contributed by atoms with E-state index in [1.165, 1.54) is 24.0 Å². The lowest BCUT2D eigenvalue weighted by molar-refractivity contribution is -0.132. The van der Waals surface area contributed by atoms with E-state index in [0.29, 0.717) is 6.42 Å². The predicted octanol–water partition coefficient (Wildman–Crippen LogP) is 3.41. The summed E-state index contributed by atoms with van der Waals surface area (Å²) in [7, 11) is 1.88. The molecule has 1 aromatic heterocycles. The Morgan fingerprint density at radius 2 is 2.17 bits per heavy atom. The van der Waals surface area contributed by atoms with Crippen LogP contribution in [0.1, 0.15) is 48.4 Å². The third-order valence-electron chi connectivity index (χ3n) is 4.61. The molecule has 2 heterocycles.